The molecule has 0 spiro atoms. The van der Waals surface area contributed by atoms with Crippen molar-refractivity contribution in [2.75, 3.05) is 53.7 Å². The van der Waals surface area contributed by atoms with Gasteiger partial charge in [-0.3, -0.25) is 9.48 Å². The van der Waals surface area contributed by atoms with Gasteiger partial charge in [-0.2, -0.15) is 10.4 Å². The van der Waals surface area contributed by atoms with Crippen molar-refractivity contribution in [1.29, 1.82) is 5.26 Å². The van der Waals surface area contributed by atoms with Crippen molar-refractivity contribution in [3.8, 4) is 29.4 Å². The van der Waals surface area contributed by atoms with Crippen LogP contribution in [-0.2, 0) is 4.79 Å². The van der Waals surface area contributed by atoms with E-state index in [4.69, 9.17) is 20.3 Å². The van der Waals surface area contributed by atoms with Gasteiger partial charge in [-0.05, 0) is 38.6 Å². The molecule has 2 N–H and O–H groups in total. The Balaban J connectivity index is 1.72. The highest BCUT2D eigenvalue weighted by Gasteiger charge is 2.30. The molecular formula is C27H29N7O3. The molecule has 2 aromatic heterocycles. The Bertz CT molecular complexity index is 1430. The summed E-state index contributed by atoms with van der Waals surface area (Å²) in [4.78, 5) is 20.6. The van der Waals surface area contributed by atoms with E-state index in [9.17, 15) is 10.1 Å². The summed E-state index contributed by atoms with van der Waals surface area (Å²) in [5, 5.41) is 15.1. The first-order valence-electron chi connectivity index (χ1n) is 11.8. The van der Waals surface area contributed by atoms with Crippen molar-refractivity contribution in [1.82, 2.24) is 24.6 Å². The fourth-order valence-electron chi connectivity index (χ4n) is 4.25. The first-order chi connectivity index (χ1) is 17.8. The number of nitriles is 1. The van der Waals surface area contributed by atoms with E-state index in [1.165, 1.54) is 6.20 Å². The number of pyridine rings is 1. The normalized spacial score (nSPS) is 15.1. The molecule has 37 heavy (non-hydrogen) atoms. The van der Waals surface area contributed by atoms with Gasteiger partial charge in [0, 0.05) is 43.5 Å². The topological polar surface area (TPSA) is 123 Å². The van der Waals surface area contributed by atoms with Crippen LogP contribution in [0.15, 0.2) is 36.5 Å². The summed E-state index contributed by atoms with van der Waals surface area (Å²) in [5.41, 5.74) is 8.25. The van der Waals surface area contributed by atoms with Gasteiger partial charge < -0.3 is 25.0 Å². The Hall–Kier alpha value is -4.54. The summed E-state index contributed by atoms with van der Waals surface area (Å²) in [6.07, 6.45) is 5.59. The molecule has 0 bridgehead atoms. The number of hydrogen-bond acceptors (Lipinski definition) is 8. The van der Waals surface area contributed by atoms with E-state index in [2.05, 4.69) is 22.9 Å². The molecular weight excluding hydrogens is 470 g/mol. The Kier molecular flexibility index (Phi) is 7.61. The number of fused-ring (bicyclic) bond motifs is 1. The molecule has 4 rings (SSSR count). The molecule has 1 saturated heterocycles. The largest absolute Gasteiger partial charge is 0.497 e. The highest BCUT2D eigenvalue weighted by Crippen LogP contribution is 2.32. The first-order valence-corrected chi connectivity index (χ1v) is 11.8. The lowest BCUT2D eigenvalue weighted by Crippen LogP contribution is -2.28. The molecule has 1 amide bonds. The van der Waals surface area contributed by atoms with Crippen LogP contribution in [-0.4, -0.2) is 78.4 Å². The average Bonchev–Trinajstić information content (AvgIpc) is 3.53. The van der Waals surface area contributed by atoms with Crippen LogP contribution < -0.4 is 15.2 Å². The molecule has 1 aliphatic rings. The van der Waals surface area contributed by atoms with Gasteiger partial charge in [0.25, 0.3) is 0 Å². The van der Waals surface area contributed by atoms with E-state index in [0.717, 1.165) is 0 Å². The lowest BCUT2D eigenvalue weighted by Gasteiger charge is -2.16. The number of carbonyl (C=O) groups excluding carboxylic acids is 1. The summed E-state index contributed by atoms with van der Waals surface area (Å²) in [5.74, 6) is 7.62. The van der Waals surface area contributed by atoms with Gasteiger partial charge >= 0.3 is 0 Å². The zero-order chi connectivity index (χ0) is 26.5. The number of methoxy groups -OCH3 is 2. The summed E-state index contributed by atoms with van der Waals surface area (Å²) in [7, 11) is 7.04. The zero-order valence-electron chi connectivity index (χ0n) is 21.4. The molecule has 190 valence electrons. The molecule has 3 heterocycles. The Labute approximate surface area is 215 Å². The molecule has 1 atom stereocenters. The van der Waals surface area contributed by atoms with Crippen LogP contribution in [0.25, 0.3) is 10.9 Å². The zero-order valence-corrected chi connectivity index (χ0v) is 21.4. The number of likely N-dealkylation sites (tertiary alicyclic amines) is 1. The summed E-state index contributed by atoms with van der Waals surface area (Å²) >= 11 is 0. The number of rotatable bonds is 6. The standard InChI is InChI=1S/C27H29N7O3/c1-32(2)10-5-6-24(35)33-11-9-20(17-33)34-26-19(15-28)16-30-27(29)25(26)23(31-34)8-7-18-12-21(36-3)14-22(13-18)37-4/h5-6,12-14,16,20H,9-11,17H2,1-4H3,(H2,29,30)/b6-5+. The number of likely N-dealkylation sites (N-methyl/N-ethyl adjacent to an activating group) is 1. The molecule has 3 aromatic rings. The summed E-state index contributed by atoms with van der Waals surface area (Å²) < 4.78 is 12.4. The van der Waals surface area contributed by atoms with Crippen LogP contribution in [0.5, 0.6) is 11.5 Å². The second kappa shape index (κ2) is 11.0. The van der Waals surface area contributed by atoms with E-state index in [0.29, 0.717) is 65.3 Å². The number of amides is 1. The molecule has 1 unspecified atom stereocenters. The van der Waals surface area contributed by atoms with Crippen LogP contribution in [0.3, 0.4) is 0 Å². The Morgan fingerprint density at radius 3 is 2.62 bits per heavy atom. The molecule has 0 aliphatic carbocycles. The quantitative estimate of drug-likeness (QED) is 0.405. The monoisotopic (exact) mass is 499 g/mol. The minimum atomic E-state index is -0.130. The van der Waals surface area contributed by atoms with Crippen molar-refractivity contribution in [3.63, 3.8) is 0 Å². The highest BCUT2D eigenvalue weighted by molar-refractivity contribution is 5.96. The number of ether oxygens (including phenoxy) is 2. The van der Waals surface area contributed by atoms with Crippen molar-refractivity contribution in [2.24, 2.45) is 0 Å². The Morgan fingerprint density at radius 1 is 1.24 bits per heavy atom. The third-order valence-corrected chi connectivity index (χ3v) is 6.10. The fourth-order valence-corrected chi connectivity index (χ4v) is 4.25. The van der Waals surface area contributed by atoms with Crippen LogP contribution in [0.4, 0.5) is 5.82 Å². The number of benzene rings is 1. The van der Waals surface area contributed by atoms with Crippen molar-refractivity contribution in [3.05, 3.63) is 53.4 Å². The molecule has 1 aromatic carbocycles. The van der Waals surface area contributed by atoms with E-state index in [-0.39, 0.29) is 17.8 Å². The smallest absolute Gasteiger partial charge is 0.246 e. The van der Waals surface area contributed by atoms with Gasteiger partial charge in [0.2, 0.25) is 5.91 Å². The molecule has 1 fully saturated rings. The van der Waals surface area contributed by atoms with Gasteiger partial charge in [-0.25, -0.2) is 4.98 Å². The maximum Gasteiger partial charge on any atom is 0.246 e. The molecule has 0 radical (unpaired) electrons. The van der Waals surface area contributed by atoms with Crippen LogP contribution in [0.1, 0.15) is 29.3 Å². The van der Waals surface area contributed by atoms with Gasteiger partial charge in [0.05, 0.1) is 36.7 Å². The predicted octanol–water partition coefficient (Wildman–Crippen LogP) is 2.19. The third kappa shape index (κ3) is 5.50. The maximum atomic E-state index is 12.7. The SMILES string of the molecule is COc1cc(C#Cc2nn(C3CCN(C(=O)/C=C/CN(C)C)C3)c3c(C#N)cnc(N)c23)cc(OC)c1. The Morgan fingerprint density at radius 2 is 1.97 bits per heavy atom. The van der Waals surface area contributed by atoms with E-state index >= 15 is 0 Å². The number of hydrogen-bond donors (Lipinski definition) is 1. The van der Waals surface area contributed by atoms with Gasteiger partial charge in [0.1, 0.15) is 29.1 Å². The lowest BCUT2D eigenvalue weighted by molar-refractivity contribution is -0.125. The number of nitrogen functional groups attached to an aromatic ring is 1. The van der Waals surface area contributed by atoms with E-state index < -0.39 is 0 Å². The molecule has 1 aliphatic heterocycles. The molecule has 0 saturated carbocycles. The van der Waals surface area contributed by atoms with Crippen molar-refractivity contribution >= 4 is 22.6 Å². The maximum absolute atomic E-state index is 12.7. The number of anilines is 1. The predicted molar refractivity (Wildman–Crippen MR) is 140 cm³/mol. The summed E-state index contributed by atoms with van der Waals surface area (Å²) in [6.45, 7) is 1.74. The second-order valence-electron chi connectivity index (χ2n) is 8.93. The minimum absolute atomic E-state index is 0.0468. The molecule has 10 heteroatoms. The van der Waals surface area contributed by atoms with Crippen molar-refractivity contribution in [2.45, 2.75) is 12.5 Å². The van der Waals surface area contributed by atoms with Crippen LogP contribution in [0.2, 0.25) is 0 Å². The highest BCUT2D eigenvalue weighted by atomic mass is 16.5. The number of nitrogens with zero attached hydrogens (tertiary/aromatic N) is 6. The fraction of sp³-hybridized carbons (Fsp3) is 0.333. The number of carbonyl (C=O) groups is 1. The number of nitrogens with two attached hydrogens (primary N) is 1. The minimum Gasteiger partial charge on any atom is -0.497 e. The van der Waals surface area contributed by atoms with Crippen LogP contribution >= 0.6 is 0 Å². The van der Waals surface area contributed by atoms with Gasteiger partial charge in [0.15, 0.2) is 0 Å². The van der Waals surface area contributed by atoms with Gasteiger partial charge in [-0.15, -0.1) is 0 Å². The average molecular weight is 500 g/mol. The van der Waals surface area contributed by atoms with Crippen molar-refractivity contribution < 1.29 is 14.3 Å². The lowest BCUT2D eigenvalue weighted by atomic mass is 10.1. The summed E-state index contributed by atoms with van der Waals surface area (Å²) in [6, 6.07) is 7.41. The van der Waals surface area contributed by atoms with Gasteiger partial charge in [-0.1, -0.05) is 12.0 Å². The van der Waals surface area contributed by atoms with Crippen LogP contribution in [0, 0.1) is 23.2 Å². The first kappa shape index (κ1) is 25.5. The number of aromatic nitrogens is 3. The molecule has 10 nitrogen and oxygen atoms in total. The van der Waals surface area contributed by atoms with E-state index in [1.807, 2.05) is 25.1 Å². The van der Waals surface area contributed by atoms with E-state index in [1.54, 1.807) is 48.1 Å². The third-order valence-electron chi connectivity index (χ3n) is 6.10. The second-order valence-corrected chi connectivity index (χ2v) is 8.93.